The third-order valence-corrected chi connectivity index (χ3v) is 6.10. The van der Waals surface area contributed by atoms with Crippen molar-refractivity contribution in [3.63, 3.8) is 0 Å². The number of alkyl halides is 3. The lowest BCUT2D eigenvalue weighted by Crippen LogP contribution is -2.58. The molecule has 4 N–H and O–H groups in total. The van der Waals surface area contributed by atoms with Crippen LogP contribution in [-0.4, -0.2) is 27.0 Å². The van der Waals surface area contributed by atoms with E-state index in [1.807, 2.05) is 0 Å². The monoisotopic (exact) mass is 452 g/mol. The van der Waals surface area contributed by atoms with Gasteiger partial charge in [0, 0.05) is 22.5 Å². The largest absolute Gasteiger partial charge is 0.508 e. The molecule has 3 aromatic rings. The Hall–Kier alpha value is -2.71. The normalized spacial score (nSPS) is 22.9. The van der Waals surface area contributed by atoms with Crippen LogP contribution in [0.3, 0.4) is 0 Å². The van der Waals surface area contributed by atoms with E-state index in [1.165, 1.54) is 38.2 Å². The molecule has 1 heterocycles. The molecule has 0 saturated heterocycles. The Labute approximate surface area is 180 Å². The van der Waals surface area contributed by atoms with Gasteiger partial charge >= 0.3 is 6.18 Å². The summed E-state index contributed by atoms with van der Waals surface area (Å²) in [7, 11) is 0. The van der Waals surface area contributed by atoms with Gasteiger partial charge in [-0.1, -0.05) is 37.6 Å². The second-order valence-corrected chi connectivity index (χ2v) is 8.96. The molecule has 0 radical (unpaired) electrons. The van der Waals surface area contributed by atoms with Crippen LogP contribution in [-0.2, 0) is 5.41 Å². The molecule has 2 unspecified atom stereocenters. The Kier molecular flexibility index (Phi) is 4.79. The van der Waals surface area contributed by atoms with E-state index in [0.29, 0.717) is 5.39 Å². The zero-order chi connectivity index (χ0) is 22.8. The number of halogens is 4. The van der Waals surface area contributed by atoms with Gasteiger partial charge in [0.2, 0.25) is 0 Å². The van der Waals surface area contributed by atoms with Crippen LogP contribution in [0.15, 0.2) is 47.4 Å². The molecule has 1 aliphatic rings. The fraction of sp³-hybridized carbons (Fsp3) is 0.318. The van der Waals surface area contributed by atoms with Gasteiger partial charge in [-0.2, -0.15) is 13.2 Å². The first kappa shape index (κ1) is 21.5. The summed E-state index contributed by atoms with van der Waals surface area (Å²) in [6, 6.07) is 7.20. The predicted octanol–water partition coefficient (Wildman–Crippen LogP) is 5.02. The van der Waals surface area contributed by atoms with E-state index >= 15 is 0 Å². The maximum absolute atomic E-state index is 14.3. The van der Waals surface area contributed by atoms with Gasteiger partial charge in [0.1, 0.15) is 5.75 Å². The molecule has 31 heavy (non-hydrogen) atoms. The average Bonchev–Trinajstić information content (AvgIpc) is 2.63. The number of aliphatic hydroxyl groups is 1. The summed E-state index contributed by atoms with van der Waals surface area (Å²) in [4.78, 5) is 14.9. The van der Waals surface area contributed by atoms with Crippen LogP contribution in [0.1, 0.15) is 37.4 Å². The minimum absolute atomic E-state index is 0.0189. The van der Waals surface area contributed by atoms with E-state index in [2.05, 4.69) is 10.3 Å². The molecule has 2 aromatic carbocycles. The predicted molar refractivity (Wildman–Crippen MR) is 113 cm³/mol. The van der Waals surface area contributed by atoms with Crippen molar-refractivity contribution in [2.75, 3.05) is 5.32 Å². The number of H-pyrrole nitrogens is 1. The molecule has 0 spiro atoms. The molecule has 0 bridgehead atoms. The van der Waals surface area contributed by atoms with E-state index in [1.54, 1.807) is 18.2 Å². The number of benzene rings is 2. The number of hydrogen-bond donors (Lipinski definition) is 4. The molecule has 2 atom stereocenters. The number of anilines is 1. The summed E-state index contributed by atoms with van der Waals surface area (Å²) in [6.07, 6.45) is -4.27. The van der Waals surface area contributed by atoms with Crippen molar-refractivity contribution in [3.8, 4) is 5.75 Å². The van der Waals surface area contributed by atoms with Crippen LogP contribution in [0, 0.1) is 0 Å². The van der Waals surface area contributed by atoms with Crippen molar-refractivity contribution in [1.82, 2.24) is 4.98 Å². The molecule has 4 rings (SSSR count). The number of fused-ring (bicyclic) bond motifs is 2. The molecule has 0 aliphatic heterocycles. The van der Waals surface area contributed by atoms with Gasteiger partial charge in [-0.05, 0) is 47.1 Å². The van der Waals surface area contributed by atoms with E-state index in [-0.39, 0.29) is 33.0 Å². The number of pyridine rings is 1. The Bertz CT molecular complexity index is 1230. The molecule has 164 valence electrons. The second-order valence-electron chi connectivity index (χ2n) is 8.53. The fourth-order valence-corrected chi connectivity index (χ4v) is 4.90. The summed E-state index contributed by atoms with van der Waals surface area (Å²) >= 11 is 6.07. The van der Waals surface area contributed by atoms with Crippen molar-refractivity contribution in [3.05, 3.63) is 69.1 Å². The first-order valence-electron chi connectivity index (χ1n) is 9.54. The minimum atomic E-state index is -5.01. The lowest BCUT2D eigenvalue weighted by Gasteiger charge is -2.49. The average molecular weight is 453 g/mol. The quantitative estimate of drug-likeness (QED) is 0.440. The van der Waals surface area contributed by atoms with Gasteiger partial charge in [0.25, 0.3) is 5.56 Å². The Morgan fingerprint density at radius 3 is 2.61 bits per heavy atom. The highest BCUT2D eigenvalue weighted by Crippen LogP contribution is 2.56. The molecule has 5 nitrogen and oxygen atoms in total. The number of rotatable bonds is 2. The van der Waals surface area contributed by atoms with E-state index < -0.39 is 35.2 Å². The maximum Gasteiger partial charge on any atom is 0.419 e. The summed E-state index contributed by atoms with van der Waals surface area (Å²) < 4.78 is 42.8. The van der Waals surface area contributed by atoms with Crippen molar-refractivity contribution in [1.29, 1.82) is 0 Å². The molecule has 0 fully saturated rings. The van der Waals surface area contributed by atoms with Crippen LogP contribution >= 0.6 is 11.6 Å². The van der Waals surface area contributed by atoms with Gasteiger partial charge < -0.3 is 20.5 Å². The van der Waals surface area contributed by atoms with Crippen molar-refractivity contribution < 1.29 is 23.4 Å². The van der Waals surface area contributed by atoms with E-state index in [9.17, 15) is 28.2 Å². The summed E-state index contributed by atoms with van der Waals surface area (Å²) in [5.41, 5.74) is -4.48. The number of phenols is 1. The van der Waals surface area contributed by atoms with E-state index in [4.69, 9.17) is 11.6 Å². The Morgan fingerprint density at radius 2 is 1.94 bits per heavy atom. The summed E-state index contributed by atoms with van der Waals surface area (Å²) in [5.74, 6) is -0.251. The molecule has 1 aromatic heterocycles. The topological polar surface area (TPSA) is 85.4 Å². The molecular formula is C22H20ClF3N2O3. The highest BCUT2D eigenvalue weighted by atomic mass is 35.5. The smallest absolute Gasteiger partial charge is 0.419 e. The van der Waals surface area contributed by atoms with Crippen LogP contribution in [0.2, 0.25) is 5.02 Å². The Morgan fingerprint density at radius 1 is 1.23 bits per heavy atom. The molecule has 0 saturated carbocycles. The van der Waals surface area contributed by atoms with Crippen molar-refractivity contribution in [2.24, 2.45) is 0 Å². The molecule has 9 heteroatoms. The van der Waals surface area contributed by atoms with Crippen LogP contribution in [0.5, 0.6) is 5.75 Å². The Balaban J connectivity index is 2.00. The number of aromatic amines is 1. The van der Waals surface area contributed by atoms with Gasteiger partial charge in [-0.3, -0.25) is 4.79 Å². The summed E-state index contributed by atoms with van der Waals surface area (Å²) in [5, 5.41) is 25.0. The highest BCUT2D eigenvalue weighted by molar-refractivity contribution is 6.30. The highest BCUT2D eigenvalue weighted by Gasteiger charge is 2.64. The third kappa shape index (κ3) is 3.34. The minimum Gasteiger partial charge on any atom is -0.508 e. The zero-order valence-electron chi connectivity index (χ0n) is 16.6. The number of aromatic hydroxyl groups is 1. The van der Waals surface area contributed by atoms with E-state index in [0.717, 1.165) is 0 Å². The van der Waals surface area contributed by atoms with Crippen molar-refractivity contribution >= 4 is 28.1 Å². The van der Waals surface area contributed by atoms with Crippen LogP contribution in [0.4, 0.5) is 18.9 Å². The number of hydrogen-bond acceptors (Lipinski definition) is 4. The molecule has 1 aliphatic carbocycles. The number of phenolic OH excluding ortho intramolecular Hbond substituents is 1. The van der Waals surface area contributed by atoms with Gasteiger partial charge in [-0.25, -0.2) is 0 Å². The summed E-state index contributed by atoms with van der Waals surface area (Å²) in [6.45, 7) is 3.05. The number of nitrogens with one attached hydrogen (secondary N) is 2. The van der Waals surface area contributed by atoms with Crippen LogP contribution in [0.25, 0.3) is 10.8 Å². The number of aromatic nitrogens is 1. The first-order valence-corrected chi connectivity index (χ1v) is 9.92. The third-order valence-electron chi connectivity index (χ3n) is 5.88. The zero-order valence-corrected chi connectivity index (χ0v) is 17.4. The second kappa shape index (κ2) is 6.90. The standard InChI is InChI=1S/C22H20ClF3N2O3/c1-20(2)10-21(31,22(24,25)26)18(13-8-12(23)9-15(29)17(13)20)28-14-5-3-4-11-6-7-27-19(30)16(11)14/h3-9,18,28-29,31H,10H2,1-2H3,(H,27,30). The SMILES string of the molecule is CC1(C)CC(O)(C(F)(F)F)C(Nc2cccc3cc[nH]c(=O)c23)c2cc(Cl)cc(O)c21. The maximum atomic E-state index is 14.3. The molecule has 0 amide bonds. The lowest BCUT2D eigenvalue weighted by atomic mass is 9.63. The van der Waals surface area contributed by atoms with Crippen molar-refractivity contribution in [2.45, 2.75) is 43.5 Å². The first-order chi connectivity index (χ1) is 14.3. The van der Waals surface area contributed by atoms with Gasteiger partial charge in [0.05, 0.1) is 11.4 Å². The fourth-order valence-electron chi connectivity index (χ4n) is 4.68. The lowest BCUT2D eigenvalue weighted by molar-refractivity contribution is -0.275. The molecular weight excluding hydrogens is 433 g/mol. The van der Waals surface area contributed by atoms with Gasteiger partial charge in [-0.15, -0.1) is 0 Å². The van der Waals surface area contributed by atoms with Crippen LogP contribution < -0.4 is 10.9 Å². The van der Waals surface area contributed by atoms with Gasteiger partial charge in [0.15, 0.2) is 5.60 Å².